The Kier molecular flexibility index (Phi) is 4.48. The van der Waals surface area contributed by atoms with Crippen LogP contribution in [0.1, 0.15) is 18.5 Å². The zero-order chi connectivity index (χ0) is 19.8. The van der Waals surface area contributed by atoms with Gasteiger partial charge in [0.15, 0.2) is 0 Å². The average molecular weight is 406 g/mol. The van der Waals surface area contributed by atoms with Gasteiger partial charge in [0.2, 0.25) is 11.9 Å². The van der Waals surface area contributed by atoms with Crippen molar-refractivity contribution < 1.29 is 9.53 Å². The van der Waals surface area contributed by atoms with Crippen molar-refractivity contribution in [3.63, 3.8) is 0 Å². The van der Waals surface area contributed by atoms with Crippen LogP contribution in [0.3, 0.4) is 0 Å². The molecule has 1 aromatic carbocycles. The van der Waals surface area contributed by atoms with E-state index in [1.807, 2.05) is 34.7 Å². The molecule has 2 fully saturated rings. The number of nitrogens with one attached hydrogen (secondary N) is 1. The summed E-state index contributed by atoms with van der Waals surface area (Å²) in [4.78, 5) is 27.1. The SMILES string of the molecule is N#Cc1ccnc(N2CC(NC(=O)[C@H]3C[C@H](Oc4cccc5scnc45)C3)C2)n1. The van der Waals surface area contributed by atoms with Crippen molar-refractivity contribution in [2.24, 2.45) is 5.92 Å². The average Bonchev–Trinajstić information content (AvgIpc) is 3.16. The number of benzene rings is 1. The van der Waals surface area contributed by atoms with E-state index in [4.69, 9.17) is 10.00 Å². The molecule has 8 nitrogen and oxygen atoms in total. The molecule has 0 radical (unpaired) electrons. The van der Waals surface area contributed by atoms with E-state index in [2.05, 4.69) is 20.3 Å². The van der Waals surface area contributed by atoms with Crippen molar-refractivity contribution in [2.45, 2.75) is 25.0 Å². The van der Waals surface area contributed by atoms with E-state index in [1.165, 1.54) is 0 Å². The number of nitriles is 1. The minimum absolute atomic E-state index is 0.0122. The molecule has 0 atom stereocenters. The second-order valence-electron chi connectivity index (χ2n) is 7.33. The summed E-state index contributed by atoms with van der Waals surface area (Å²) in [5.74, 6) is 1.39. The fraction of sp³-hybridized carbons (Fsp3) is 0.350. The highest BCUT2D eigenvalue weighted by Crippen LogP contribution is 2.35. The van der Waals surface area contributed by atoms with E-state index in [9.17, 15) is 4.79 Å². The van der Waals surface area contributed by atoms with Crippen LogP contribution in [0.5, 0.6) is 5.75 Å². The highest BCUT2D eigenvalue weighted by molar-refractivity contribution is 7.16. The third-order valence-electron chi connectivity index (χ3n) is 5.35. The predicted molar refractivity (Wildman–Crippen MR) is 108 cm³/mol. The molecule has 0 spiro atoms. The number of carbonyl (C=O) groups is 1. The Morgan fingerprint density at radius 3 is 2.97 bits per heavy atom. The van der Waals surface area contributed by atoms with Gasteiger partial charge in [0.1, 0.15) is 29.1 Å². The Hall–Kier alpha value is -3.25. The molecule has 1 amide bonds. The summed E-state index contributed by atoms with van der Waals surface area (Å²) in [5, 5.41) is 12.0. The van der Waals surface area contributed by atoms with Gasteiger partial charge in [-0.25, -0.2) is 15.0 Å². The van der Waals surface area contributed by atoms with E-state index in [0.717, 1.165) is 28.8 Å². The zero-order valence-electron chi connectivity index (χ0n) is 15.5. The Bertz CT molecular complexity index is 1100. The van der Waals surface area contributed by atoms with Crippen LogP contribution in [0.25, 0.3) is 10.2 Å². The Morgan fingerprint density at radius 2 is 2.14 bits per heavy atom. The molecule has 29 heavy (non-hydrogen) atoms. The highest BCUT2D eigenvalue weighted by Gasteiger charge is 2.39. The van der Waals surface area contributed by atoms with E-state index in [1.54, 1.807) is 23.6 Å². The molecule has 1 saturated heterocycles. The van der Waals surface area contributed by atoms with Gasteiger partial charge in [-0.2, -0.15) is 5.26 Å². The smallest absolute Gasteiger partial charge is 0.226 e. The number of rotatable bonds is 5. The maximum Gasteiger partial charge on any atom is 0.226 e. The van der Waals surface area contributed by atoms with E-state index >= 15 is 0 Å². The number of carbonyl (C=O) groups excluding carboxylic acids is 1. The number of amides is 1. The van der Waals surface area contributed by atoms with E-state index < -0.39 is 0 Å². The van der Waals surface area contributed by atoms with Crippen molar-refractivity contribution in [1.82, 2.24) is 20.3 Å². The third-order valence-corrected chi connectivity index (χ3v) is 6.15. The molecule has 2 aromatic heterocycles. The number of aromatic nitrogens is 3. The van der Waals surface area contributed by atoms with Crippen LogP contribution in [-0.2, 0) is 4.79 Å². The lowest BCUT2D eigenvalue weighted by Gasteiger charge is -2.41. The monoisotopic (exact) mass is 406 g/mol. The molecule has 1 aliphatic heterocycles. The van der Waals surface area contributed by atoms with E-state index in [0.29, 0.717) is 24.7 Å². The van der Waals surface area contributed by atoms with Crippen LogP contribution in [-0.4, -0.2) is 46.1 Å². The Morgan fingerprint density at radius 1 is 1.28 bits per heavy atom. The van der Waals surface area contributed by atoms with Crippen molar-refractivity contribution in [1.29, 1.82) is 5.26 Å². The van der Waals surface area contributed by atoms with Gasteiger partial charge < -0.3 is 15.0 Å². The molecular formula is C20H18N6O2S. The lowest BCUT2D eigenvalue weighted by atomic mass is 9.81. The van der Waals surface area contributed by atoms with Gasteiger partial charge in [-0.15, -0.1) is 11.3 Å². The molecule has 1 saturated carbocycles. The summed E-state index contributed by atoms with van der Waals surface area (Å²) in [7, 11) is 0. The number of hydrogen-bond acceptors (Lipinski definition) is 8. The Balaban J connectivity index is 1.09. The van der Waals surface area contributed by atoms with Crippen LogP contribution >= 0.6 is 11.3 Å². The number of nitrogens with zero attached hydrogens (tertiary/aromatic N) is 5. The largest absolute Gasteiger partial charge is 0.488 e. The molecule has 146 valence electrons. The van der Waals surface area contributed by atoms with Gasteiger partial charge in [0, 0.05) is 25.2 Å². The predicted octanol–water partition coefficient (Wildman–Crippen LogP) is 2.12. The topological polar surface area (TPSA) is 104 Å². The molecule has 2 aliphatic rings. The molecule has 1 aliphatic carbocycles. The van der Waals surface area contributed by atoms with Crippen LogP contribution in [0.4, 0.5) is 5.95 Å². The lowest BCUT2D eigenvalue weighted by Crippen LogP contribution is -2.61. The first-order valence-corrected chi connectivity index (χ1v) is 10.3. The second kappa shape index (κ2) is 7.29. The Labute approximate surface area is 171 Å². The number of para-hydroxylation sites is 1. The molecular weight excluding hydrogens is 388 g/mol. The quantitative estimate of drug-likeness (QED) is 0.692. The van der Waals surface area contributed by atoms with Gasteiger partial charge in [-0.3, -0.25) is 4.79 Å². The van der Waals surface area contributed by atoms with Crippen LogP contribution in [0.15, 0.2) is 36.0 Å². The zero-order valence-corrected chi connectivity index (χ0v) is 16.3. The first-order chi connectivity index (χ1) is 14.2. The number of ether oxygens (including phenoxy) is 1. The van der Waals surface area contributed by atoms with Crippen molar-refractivity contribution in [3.05, 3.63) is 41.7 Å². The molecule has 3 heterocycles. The second-order valence-corrected chi connectivity index (χ2v) is 8.21. The number of fused-ring (bicyclic) bond motifs is 1. The fourth-order valence-electron chi connectivity index (χ4n) is 3.63. The summed E-state index contributed by atoms with van der Waals surface area (Å²) >= 11 is 1.59. The first-order valence-electron chi connectivity index (χ1n) is 9.47. The summed E-state index contributed by atoms with van der Waals surface area (Å²) in [6.07, 6.45) is 3.07. The highest BCUT2D eigenvalue weighted by atomic mass is 32.1. The van der Waals surface area contributed by atoms with Gasteiger partial charge in [-0.1, -0.05) is 6.07 Å². The molecule has 9 heteroatoms. The molecule has 5 rings (SSSR count). The summed E-state index contributed by atoms with van der Waals surface area (Å²) in [5.41, 5.74) is 3.05. The third kappa shape index (κ3) is 3.47. The maximum atomic E-state index is 12.5. The standard InChI is InChI=1S/C20H18N6O2S/c21-8-13-4-5-22-20(25-13)26-9-14(10-26)24-19(27)12-6-15(7-12)28-16-2-1-3-17-18(16)23-11-29-17/h1-5,11-12,14-15H,6-7,9-10H2,(H,24,27)/t12-,15-. The van der Waals surface area contributed by atoms with Gasteiger partial charge in [-0.05, 0) is 31.0 Å². The maximum absolute atomic E-state index is 12.5. The number of hydrogen-bond donors (Lipinski definition) is 1. The number of anilines is 1. The minimum Gasteiger partial charge on any atom is -0.488 e. The summed E-state index contributed by atoms with van der Waals surface area (Å²) < 4.78 is 7.16. The van der Waals surface area contributed by atoms with Crippen molar-refractivity contribution in [2.75, 3.05) is 18.0 Å². The first kappa shape index (κ1) is 17.8. The van der Waals surface area contributed by atoms with Gasteiger partial charge >= 0.3 is 0 Å². The van der Waals surface area contributed by atoms with Crippen LogP contribution in [0.2, 0.25) is 0 Å². The summed E-state index contributed by atoms with van der Waals surface area (Å²) in [6.45, 7) is 1.30. The van der Waals surface area contributed by atoms with E-state index in [-0.39, 0.29) is 24.0 Å². The number of thiazole rings is 1. The van der Waals surface area contributed by atoms with Gasteiger partial charge in [0.25, 0.3) is 0 Å². The molecule has 0 unspecified atom stereocenters. The normalized spacial score (nSPS) is 21.1. The van der Waals surface area contributed by atoms with Crippen molar-refractivity contribution in [3.8, 4) is 11.8 Å². The van der Waals surface area contributed by atoms with Crippen molar-refractivity contribution >= 4 is 33.4 Å². The van der Waals surface area contributed by atoms with Gasteiger partial charge in [0.05, 0.1) is 16.3 Å². The molecule has 3 aromatic rings. The molecule has 1 N–H and O–H groups in total. The lowest BCUT2D eigenvalue weighted by molar-refractivity contribution is -0.131. The molecule has 0 bridgehead atoms. The van der Waals surface area contributed by atoms with Crippen LogP contribution < -0.4 is 15.0 Å². The minimum atomic E-state index is -0.0122. The van der Waals surface area contributed by atoms with Crippen LogP contribution in [0, 0.1) is 17.2 Å². The summed E-state index contributed by atoms with van der Waals surface area (Å²) in [6, 6.07) is 9.60. The fourth-order valence-corrected chi connectivity index (χ4v) is 4.32.